The molecule has 5 rings (SSSR count). The van der Waals surface area contributed by atoms with Crippen molar-refractivity contribution in [1.82, 2.24) is 19.1 Å². The second-order valence-electron chi connectivity index (χ2n) is 8.52. The predicted octanol–water partition coefficient (Wildman–Crippen LogP) is 4.91. The lowest BCUT2D eigenvalue weighted by atomic mass is 10.2. The van der Waals surface area contributed by atoms with Gasteiger partial charge in [0, 0.05) is 31.1 Å². The minimum Gasteiger partial charge on any atom is -0.497 e. The molecule has 0 saturated heterocycles. The highest BCUT2D eigenvalue weighted by Gasteiger charge is 2.22. The first-order valence-corrected chi connectivity index (χ1v) is 14.0. The Kier molecular flexibility index (Phi) is 7.06. The van der Waals surface area contributed by atoms with Gasteiger partial charge >= 0.3 is 0 Å². The molecule has 2 heterocycles. The Hall–Kier alpha value is -3.93. The van der Waals surface area contributed by atoms with Crippen LogP contribution in [0.5, 0.6) is 5.75 Å². The number of furan rings is 1. The van der Waals surface area contributed by atoms with E-state index in [4.69, 9.17) is 9.15 Å². The van der Waals surface area contributed by atoms with Crippen molar-refractivity contribution >= 4 is 38.5 Å². The van der Waals surface area contributed by atoms with Crippen LogP contribution in [0.3, 0.4) is 0 Å². The second-order valence-corrected chi connectivity index (χ2v) is 11.6. The van der Waals surface area contributed by atoms with Crippen LogP contribution in [0.1, 0.15) is 10.6 Å². The number of Topliss-reactive ketones (excluding diaryl/α,β-unsaturated/α-hetero) is 1. The highest BCUT2D eigenvalue weighted by atomic mass is 32.2. The molecule has 0 N–H and O–H groups in total. The molecule has 0 saturated carbocycles. The molecule has 0 radical (unpaired) electrons. The van der Waals surface area contributed by atoms with Crippen molar-refractivity contribution in [3.8, 4) is 22.8 Å². The molecule has 194 valence electrons. The maximum Gasteiger partial charge on any atom is 0.242 e. The van der Waals surface area contributed by atoms with E-state index in [-0.39, 0.29) is 22.2 Å². The first-order valence-electron chi connectivity index (χ1n) is 11.6. The average molecular weight is 549 g/mol. The summed E-state index contributed by atoms with van der Waals surface area (Å²) in [5.74, 6) is 1.20. The summed E-state index contributed by atoms with van der Waals surface area (Å²) in [5, 5.41) is 10.0. The summed E-state index contributed by atoms with van der Waals surface area (Å²) in [6, 6.07) is 23.0. The first kappa shape index (κ1) is 25.7. The summed E-state index contributed by atoms with van der Waals surface area (Å²) < 4.78 is 39.6. The number of sulfonamides is 1. The number of hydrogen-bond donors (Lipinski definition) is 0. The van der Waals surface area contributed by atoms with Gasteiger partial charge in [-0.25, -0.2) is 12.7 Å². The Bertz CT molecular complexity index is 1710. The number of rotatable bonds is 9. The maximum absolute atomic E-state index is 13.0. The molecule has 0 spiro atoms. The van der Waals surface area contributed by atoms with Gasteiger partial charge in [-0.1, -0.05) is 48.2 Å². The zero-order valence-electron chi connectivity index (χ0n) is 20.9. The predicted molar refractivity (Wildman–Crippen MR) is 145 cm³/mol. The lowest BCUT2D eigenvalue weighted by Crippen LogP contribution is -2.22. The summed E-state index contributed by atoms with van der Waals surface area (Å²) in [5.41, 5.74) is 1.90. The maximum atomic E-state index is 13.0. The third-order valence-electron chi connectivity index (χ3n) is 5.85. The van der Waals surface area contributed by atoms with Gasteiger partial charge in [-0.3, -0.25) is 9.36 Å². The number of fused-ring (bicyclic) bond motifs is 1. The number of benzene rings is 3. The number of para-hydroxylation sites is 1. The quantitative estimate of drug-likeness (QED) is 0.189. The normalized spacial score (nSPS) is 11.8. The molecule has 5 aromatic rings. The van der Waals surface area contributed by atoms with Crippen LogP contribution in [0.15, 0.2) is 93.3 Å². The average Bonchev–Trinajstić information content (AvgIpc) is 3.56. The van der Waals surface area contributed by atoms with Crippen molar-refractivity contribution in [2.24, 2.45) is 0 Å². The van der Waals surface area contributed by atoms with Gasteiger partial charge in [-0.2, -0.15) is 0 Å². The largest absolute Gasteiger partial charge is 0.497 e. The van der Waals surface area contributed by atoms with Gasteiger partial charge in [0.05, 0.1) is 23.4 Å². The molecular formula is C27H24N4O5S2. The second kappa shape index (κ2) is 10.4. The smallest absolute Gasteiger partial charge is 0.242 e. The van der Waals surface area contributed by atoms with Crippen LogP contribution in [0, 0.1) is 0 Å². The SMILES string of the molecule is COc1cccc(-n2c(SCC(=O)c3cc4ccccc4o3)nnc2-c2cccc(S(=O)(=O)N(C)C)c2)c1. The van der Waals surface area contributed by atoms with E-state index < -0.39 is 10.0 Å². The van der Waals surface area contributed by atoms with Crippen molar-refractivity contribution in [3.05, 3.63) is 84.6 Å². The Morgan fingerprint density at radius 3 is 2.55 bits per heavy atom. The molecule has 3 aromatic carbocycles. The van der Waals surface area contributed by atoms with Crippen LogP contribution in [0.25, 0.3) is 28.0 Å². The van der Waals surface area contributed by atoms with Crippen LogP contribution in [-0.2, 0) is 10.0 Å². The number of aromatic nitrogens is 3. The van der Waals surface area contributed by atoms with Crippen molar-refractivity contribution in [3.63, 3.8) is 0 Å². The number of carbonyl (C=O) groups excluding carboxylic acids is 1. The van der Waals surface area contributed by atoms with Gasteiger partial charge < -0.3 is 9.15 Å². The van der Waals surface area contributed by atoms with E-state index in [9.17, 15) is 13.2 Å². The Morgan fingerprint density at radius 1 is 1.00 bits per heavy atom. The lowest BCUT2D eigenvalue weighted by Gasteiger charge is -2.14. The summed E-state index contributed by atoms with van der Waals surface area (Å²) in [4.78, 5) is 13.1. The fourth-order valence-electron chi connectivity index (χ4n) is 3.86. The van der Waals surface area contributed by atoms with Gasteiger partial charge in [-0.05, 0) is 36.4 Å². The van der Waals surface area contributed by atoms with Gasteiger partial charge in [0.2, 0.25) is 15.8 Å². The molecule has 38 heavy (non-hydrogen) atoms. The standard InChI is InChI=1S/C27H24N4O5S2/c1-30(2)38(33,34)22-12-6-9-19(14-22)26-28-29-27(31(26)20-10-7-11-21(16-20)35-3)37-17-23(32)25-15-18-8-4-5-13-24(18)36-25/h4-16H,17H2,1-3H3. The van der Waals surface area contributed by atoms with Crippen molar-refractivity contribution < 1.29 is 22.4 Å². The first-order chi connectivity index (χ1) is 18.3. The van der Waals surface area contributed by atoms with E-state index in [0.717, 1.165) is 9.69 Å². The fraction of sp³-hybridized carbons (Fsp3) is 0.148. The van der Waals surface area contributed by atoms with Crippen molar-refractivity contribution in [2.45, 2.75) is 10.1 Å². The number of methoxy groups -OCH3 is 1. The summed E-state index contributed by atoms with van der Waals surface area (Å²) in [7, 11) is 0.878. The van der Waals surface area contributed by atoms with E-state index in [2.05, 4.69) is 10.2 Å². The molecule has 11 heteroatoms. The Balaban J connectivity index is 1.53. The molecule has 0 aliphatic carbocycles. The summed E-state index contributed by atoms with van der Waals surface area (Å²) in [6.45, 7) is 0. The van der Waals surface area contributed by atoms with Crippen LogP contribution >= 0.6 is 11.8 Å². The molecule has 0 atom stereocenters. The number of thioether (sulfide) groups is 1. The lowest BCUT2D eigenvalue weighted by molar-refractivity contribution is 0.0994. The monoisotopic (exact) mass is 548 g/mol. The molecule has 0 amide bonds. The van der Waals surface area contributed by atoms with E-state index >= 15 is 0 Å². The number of ketones is 1. The van der Waals surface area contributed by atoms with Gasteiger partial charge in [0.1, 0.15) is 11.3 Å². The van der Waals surface area contributed by atoms with E-state index in [0.29, 0.717) is 33.6 Å². The molecule has 0 fully saturated rings. The minimum absolute atomic E-state index is 0.0664. The molecule has 0 bridgehead atoms. The molecule has 0 unspecified atom stereocenters. The van der Waals surface area contributed by atoms with Crippen LogP contribution < -0.4 is 4.74 Å². The summed E-state index contributed by atoms with van der Waals surface area (Å²) in [6.07, 6.45) is 0. The van der Waals surface area contributed by atoms with Crippen molar-refractivity contribution in [1.29, 1.82) is 0 Å². The van der Waals surface area contributed by atoms with E-state index in [1.165, 1.54) is 31.9 Å². The van der Waals surface area contributed by atoms with E-state index in [1.807, 2.05) is 48.5 Å². The molecule has 0 aliphatic heterocycles. The Morgan fingerprint density at radius 2 is 1.79 bits per heavy atom. The molecule has 9 nitrogen and oxygen atoms in total. The molecule has 0 aliphatic rings. The van der Waals surface area contributed by atoms with Gasteiger partial charge in [0.15, 0.2) is 16.7 Å². The summed E-state index contributed by atoms with van der Waals surface area (Å²) >= 11 is 1.21. The third-order valence-corrected chi connectivity index (χ3v) is 8.59. The fourth-order valence-corrected chi connectivity index (χ4v) is 5.63. The van der Waals surface area contributed by atoms with Gasteiger partial charge in [0.25, 0.3) is 0 Å². The van der Waals surface area contributed by atoms with Crippen LogP contribution in [-0.4, -0.2) is 60.2 Å². The Labute approximate surface area is 224 Å². The number of nitrogens with zero attached hydrogens (tertiary/aromatic N) is 4. The van der Waals surface area contributed by atoms with E-state index in [1.54, 1.807) is 35.9 Å². The highest BCUT2D eigenvalue weighted by molar-refractivity contribution is 7.99. The minimum atomic E-state index is -3.66. The third kappa shape index (κ3) is 4.95. The van der Waals surface area contributed by atoms with Crippen molar-refractivity contribution in [2.75, 3.05) is 27.0 Å². The molecular weight excluding hydrogens is 524 g/mol. The van der Waals surface area contributed by atoms with Gasteiger partial charge in [-0.15, -0.1) is 10.2 Å². The zero-order chi connectivity index (χ0) is 26.9. The number of hydrogen-bond acceptors (Lipinski definition) is 8. The number of carbonyl (C=O) groups is 1. The molecule has 2 aromatic heterocycles. The zero-order valence-corrected chi connectivity index (χ0v) is 22.5. The highest BCUT2D eigenvalue weighted by Crippen LogP contribution is 2.31. The van der Waals surface area contributed by atoms with Crippen LogP contribution in [0.2, 0.25) is 0 Å². The topological polar surface area (TPSA) is 108 Å². The van der Waals surface area contributed by atoms with Crippen LogP contribution in [0.4, 0.5) is 0 Å². The number of ether oxygens (including phenoxy) is 1.